The van der Waals surface area contributed by atoms with Crippen molar-refractivity contribution in [2.24, 2.45) is 0 Å². The molecule has 0 bridgehead atoms. The van der Waals surface area contributed by atoms with Crippen molar-refractivity contribution < 1.29 is 9.90 Å². The fraction of sp³-hybridized carbons (Fsp3) is 0.750. The Morgan fingerprint density at radius 1 is 1.38 bits per heavy atom. The van der Waals surface area contributed by atoms with Crippen LogP contribution in [0.25, 0.3) is 0 Å². The second kappa shape index (κ2) is 9.63. The molecule has 0 unspecified atom stereocenters. The monoisotopic (exact) mass is 120 g/mol. The van der Waals surface area contributed by atoms with Crippen LogP contribution in [0, 0.1) is 0 Å². The molecule has 0 amide bonds. The quantitative estimate of drug-likeness (QED) is 0.405. The summed E-state index contributed by atoms with van der Waals surface area (Å²) < 4.78 is 0. The van der Waals surface area contributed by atoms with Gasteiger partial charge < -0.3 is 5.11 Å². The Labute approximate surface area is 48.9 Å². The number of nitrogens with one attached hydrogen (secondary N) is 2. The molecule has 3 N–H and O–H groups in total. The van der Waals surface area contributed by atoms with Gasteiger partial charge in [-0.25, -0.2) is 0 Å². The Morgan fingerprint density at radius 3 is 1.50 bits per heavy atom. The Bertz CT molecular complexity index is 50.0. The molecule has 0 atom stereocenters. The molecule has 0 radical (unpaired) electrons. The lowest BCUT2D eigenvalue weighted by Crippen LogP contribution is -2.21. The van der Waals surface area contributed by atoms with E-state index < -0.39 is 5.97 Å². The van der Waals surface area contributed by atoms with Gasteiger partial charge in [0.15, 0.2) is 0 Å². The van der Waals surface area contributed by atoms with E-state index in [-0.39, 0.29) is 0 Å². The van der Waals surface area contributed by atoms with Crippen LogP contribution in [0.2, 0.25) is 0 Å². The smallest absolute Gasteiger partial charge is 0.300 e. The van der Waals surface area contributed by atoms with Crippen molar-refractivity contribution in [3.8, 4) is 0 Å². The molecule has 0 saturated carbocycles. The average Bonchev–Trinajstić information content (AvgIpc) is 1.65. The van der Waals surface area contributed by atoms with E-state index in [0.29, 0.717) is 0 Å². The van der Waals surface area contributed by atoms with Crippen LogP contribution < -0.4 is 10.9 Å². The van der Waals surface area contributed by atoms with Gasteiger partial charge in [0.25, 0.3) is 5.97 Å². The minimum atomic E-state index is -0.833. The van der Waals surface area contributed by atoms with Gasteiger partial charge in [-0.2, -0.15) is 0 Å². The van der Waals surface area contributed by atoms with Crippen molar-refractivity contribution in [3.63, 3.8) is 0 Å². The number of carbonyl (C=O) groups is 1. The minimum absolute atomic E-state index is 0.833. The lowest BCUT2D eigenvalue weighted by atomic mass is 10.9. The Hall–Kier alpha value is -0.610. The lowest BCUT2D eigenvalue weighted by molar-refractivity contribution is -0.134. The third kappa shape index (κ3) is 683. The summed E-state index contributed by atoms with van der Waals surface area (Å²) in [6.45, 7) is 1.08. The highest BCUT2D eigenvalue weighted by atomic mass is 16.4. The summed E-state index contributed by atoms with van der Waals surface area (Å²) >= 11 is 0. The van der Waals surface area contributed by atoms with Crippen LogP contribution in [-0.2, 0) is 4.79 Å². The first-order valence-corrected chi connectivity index (χ1v) is 2.18. The number of hydrogen-bond donors (Lipinski definition) is 3. The summed E-state index contributed by atoms with van der Waals surface area (Å²) in [5.74, 6) is -0.833. The standard InChI is InChI=1S/C2H8N2.C2H4O2/c1-3-4-2;1-2(3)4/h3-4H,1-2H3;1H3,(H,3,4). The van der Waals surface area contributed by atoms with Gasteiger partial charge in [-0.05, 0) is 14.1 Å². The average molecular weight is 120 g/mol. The second-order valence-corrected chi connectivity index (χ2v) is 1.02. The van der Waals surface area contributed by atoms with Crippen molar-refractivity contribution >= 4 is 5.97 Å². The zero-order chi connectivity index (χ0) is 6.99. The van der Waals surface area contributed by atoms with E-state index in [0.717, 1.165) is 6.92 Å². The van der Waals surface area contributed by atoms with Crippen molar-refractivity contribution in [2.45, 2.75) is 6.92 Å². The number of hydrazine groups is 1. The topological polar surface area (TPSA) is 61.4 Å². The van der Waals surface area contributed by atoms with E-state index in [1.807, 2.05) is 14.1 Å². The number of carboxylic acid groups (broad SMARTS) is 1. The molecule has 0 heterocycles. The maximum Gasteiger partial charge on any atom is 0.300 e. The normalized spacial score (nSPS) is 6.88. The molecule has 50 valence electrons. The molecule has 0 aliphatic rings. The fourth-order valence-corrected chi connectivity index (χ4v) is 0. The molecule has 0 aromatic carbocycles. The van der Waals surface area contributed by atoms with Crippen LogP contribution in [0.1, 0.15) is 6.92 Å². The molecule has 0 aromatic heterocycles. The Balaban J connectivity index is 0. The second-order valence-electron chi connectivity index (χ2n) is 1.02. The first-order chi connectivity index (χ1) is 3.65. The van der Waals surface area contributed by atoms with Crippen molar-refractivity contribution in [1.29, 1.82) is 0 Å². The van der Waals surface area contributed by atoms with Crippen LogP contribution in [0.4, 0.5) is 0 Å². The van der Waals surface area contributed by atoms with E-state index in [9.17, 15) is 0 Å². The van der Waals surface area contributed by atoms with Crippen molar-refractivity contribution in [3.05, 3.63) is 0 Å². The van der Waals surface area contributed by atoms with Gasteiger partial charge in [0.1, 0.15) is 0 Å². The molecule has 8 heavy (non-hydrogen) atoms. The largest absolute Gasteiger partial charge is 0.481 e. The molecule has 0 rings (SSSR count). The number of carboxylic acids is 1. The van der Waals surface area contributed by atoms with E-state index in [1.165, 1.54) is 0 Å². The van der Waals surface area contributed by atoms with E-state index in [2.05, 4.69) is 10.9 Å². The van der Waals surface area contributed by atoms with Crippen molar-refractivity contribution in [1.82, 2.24) is 10.9 Å². The fourth-order valence-electron chi connectivity index (χ4n) is 0. The third-order valence-electron chi connectivity index (χ3n) is 0.250. The minimum Gasteiger partial charge on any atom is -0.481 e. The van der Waals surface area contributed by atoms with Crippen LogP contribution in [0.3, 0.4) is 0 Å². The van der Waals surface area contributed by atoms with Gasteiger partial charge >= 0.3 is 0 Å². The first-order valence-electron chi connectivity index (χ1n) is 2.18. The maximum absolute atomic E-state index is 9.00. The number of rotatable bonds is 1. The molecule has 0 aliphatic carbocycles. The highest BCUT2D eigenvalue weighted by molar-refractivity contribution is 5.62. The van der Waals surface area contributed by atoms with Crippen LogP contribution in [0.15, 0.2) is 0 Å². The van der Waals surface area contributed by atoms with E-state index in [1.54, 1.807) is 0 Å². The number of hydrogen-bond acceptors (Lipinski definition) is 3. The predicted molar refractivity (Wildman–Crippen MR) is 31.4 cm³/mol. The van der Waals surface area contributed by atoms with Gasteiger partial charge in [-0.3, -0.25) is 15.6 Å². The highest BCUT2D eigenvalue weighted by Gasteiger charge is 1.65. The van der Waals surface area contributed by atoms with E-state index in [4.69, 9.17) is 9.90 Å². The predicted octanol–water partition coefficient (Wildman–Crippen LogP) is -0.569. The zero-order valence-electron chi connectivity index (χ0n) is 5.36. The Morgan fingerprint density at radius 2 is 1.50 bits per heavy atom. The third-order valence-corrected chi connectivity index (χ3v) is 0.250. The summed E-state index contributed by atoms with van der Waals surface area (Å²) in [5.41, 5.74) is 5.36. The van der Waals surface area contributed by atoms with Gasteiger partial charge in [-0.1, -0.05) is 0 Å². The summed E-state index contributed by atoms with van der Waals surface area (Å²) in [6.07, 6.45) is 0. The van der Waals surface area contributed by atoms with Crippen molar-refractivity contribution in [2.75, 3.05) is 14.1 Å². The van der Waals surface area contributed by atoms with Crippen LogP contribution in [-0.4, -0.2) is 25.2 Å². The van der Waals surface area contributed by atoms with E-state index >= 15 is 0 Å². The molecule has 4 nitrogen and oxygen atoms in total. The first kappa shape index (κ1) is 10.4. The maximum atomic E-state index is 9.00. The summed E-state index contributed by atoms with van der Waals surface area (Å²) in [4.78, 5) is 9.00. The van der Waals surface area contributed by atoms with Gasteiger partial charge in [0, 0.05) is 6.92 Å². The summed E-state index contributed by atoms with van der Waals surface area (Å²) in [5, 5.41) is 7.42. The van der Waals surface area contributed by atoms with Gasteiger partial charge in [-0.15, -0.1) is 0 Å². The number of aliphatic carboxylic acids is 1. The SMILES string of the molecule is CC(=O)O.CNNC. The molecule has 0 saturated heterocycles. The van der Waals surface area contributed by atoms with Crippen LogP contribution in [0.5, 0.6) is 0 Å². The molecular formula is C4H12N2O2. The lowest BCUT2D eigenvalue weighted by Gasteiger charge is -1.81. The molecule has 0 aromatic rings. The summed E-state index contributed by atoms with van der Waals surface area (Å²) in [6, 6.07) is 0. The van der Waals surface area contributed by atoms with Crippen LogP contribution >= 0.6 is 0 Å². The summed E-state index contributed by atoms with van der Waals surface area (Å²) in [7, 11) is 3.64. The molecular weight excluding hydrogens is 108 g/mol. The van der Waals surface area contributed by atoms with Gasteiger partial charge in [0.2, 0.25) is 0 Å². The molecule has 4 heteroatoms. The molecule has 0 spiro atoms. The molecule has 0 aliphatic heterocycles. The Kier molecular flexibility index (Phi) is 12.5. The molecule has 0 fully saturated rings. The highest BCUT2D eigenvalue weighted by Crippen LogP contribution is 1.42. The zero-order valence-corrected chi connectivity index (χ0v) is 5.36. The van der Waals surface area contributed by atoms with Gasteiger partial charge in [0.05, 0.1) is 0 Å².